The molecule has 5 heteroatoms. The fourth-order valence-corrected chi connectivity index (χ4v) is 6.33. The highest BCUT2D eigenvalue weighted by Gasteiger charge is 2.33. The number of allylic oxidation sites excluding steroid dienone is 3. The van der Waals surface area contributed by atoms with Crippen molar-refractivity contribution in [1.29, 1.82) is 0 Å². The van der Waals surface area contributed by atoms with Crippen LogP contribution in [0.25, 0.3) is 0 Å². The highest BCUT2D eigenvalue weighted by atomic mass is 19.4. The van der Waals surface area contributed by atoms with Crippen molar-refractivity contribution < 1.29 is 22.3 Å². The Bertz CT molecular complexity index is 602. The molecule has 2 aliphatic carbocycles. The molecule has 2 saturated carbocycles. The normalized spacial score (nSPS) is 36.4. The molecule has 1 heterocycles. The molecular formula is C27H42F4O. The molecule has 3 atom stereocenters. The van der Waals surface area contributed by atoms with Crippen molar-refractivity contribution in [2.24, 2.45) is 35.5 Å². The van der Waals surface area contributed by atoms with Gasteiger partial charge in [-0.1, -0.05) is 38.8 Å². The minimum absolute atomic E-state index is 0.159. The quantitative estimate of drug-likeness (QED) is 0.273. The molecule has 3 rings (SSSR count). The lowest BCUT2D eigenvalue weighted by atomic mass is 9.70. The van der Waals surface area contributed by atoms with Gasteiger partial charge in [-0.25, -0.2) is 4.39 Å². The molecule has 0 aromatic heterocycles. The summed E-state index contributed by atoms with van der Waals surface area (Å²) in [5, 5.41) is 0. The average molecular weight is 459 g/mol. The average Bonchev–Trinajstić information content (AvgIpc) is 2.77. The first-order chi connectivity index (χ1) is 15.2. The summed E-state index contributed by atoms with van der Waals surface area (Å²) in [5.74, 6) is 2.04. The maximum absolute atomic E-state index is 13.8. The van der Waals surface area contributed by atoms with Crippen LogP contribution in [0.1, 0.15) is 90.9 Å². The van der Waals surface area contributed by atoms with Gasteiger partial charge >= 0.3 is 6.18 Å². The topological polar surface area (TPSA) is 9.23 Å². The molecular weight excluding hydrogens is 416 g/mol. The van der Waals surface area contributed by atoms with Gasteiger partial charge in [-0.05, 0) is 93.8 Å². The van der Waals surface area contributed by atoms with Crippen molar-refractivity contribution in [1.82, 2.24) is 0 Å². The van der Waals surface area contributed by atoms with Gasteiger partial charge in [-0.3, -0.25) is 0 Å². The largest absolute Gasteiger partial charge is 0.412 e. The van der Waals surface area contributed by atoms with Crippen LogP contribution in [0.2, 0.25) is 0 Å². The molecule has 3 unspecified atom stereocenters. The first-order valence-electron chi connectivity index (χ1n) is 13.0. The van der Waals surface area contributed by atoms with Crippen molar-refractivity contribution in [3.8, 4) is 0 Å². The second-order valence-electron chi connectivity index (χ2n) is 10.7. The van der Waals surface area contributed by atoms with Crippen LogP contribution >= 0.6 is 0 Å². The number of ether oxygens (including phenoxy) is 1. The molecule has 0 aromatic rings. The molecule has 1 nitrogen and oxygen atoms in total. The highest BCUT2D eigenvalue weighted by molar-refractivity contribution is 5.05. The molecule has 32 heavy (non-hydrogen) atoms. The second-order valence-corrected chi connectivity index (χ2v) is 10.7. The van der Waals surface area contributed by atoms with Crippen molar-refractivity contribution in [3.05, 3.63) is 24.1 Å². The standard InChI is InChI=1S/C27H42F4O/c1-3-4-19(2)21-10-12-22(13-11-21)24-14-16-25(32-18-24)15-7-20-5-8-23(9-6-20)26(28)17-27(29,30)31/h7,15,17,19-25H,3-6,8-14,16,18H2,1-2H3/b15-7+,26-17-. The van der Waals surface area contributed by atoms with E-state index in [2.05, 4.69) is 26.0 Å². The molecule has 0 amide bonds. The van der Waals surface area contributed by atoms with Gasteiger partial charge in [0, 0.05) is 5.92 Å². The molecule has 0 spiro atoms. The van der Waals surface area contributed by atoms with Gasteiger partial charge < -0.3 is 4.74 Å². The van der Waals surface area contributed by atoms with Crippen LogP contribution < -0.4 is 0 Å². The van der Waals surface area contributed by atoms with Crippen LogP contribution in [0.5, 0.6) is 0 Å². The predicted molar refractivity (Wildman–Crippen MR) is 122 cm³/mol. The summed E-state index contributed by atoms with van der Waals surface area (Å²) < 4.78 is 57.0. The zero-order valence-corrected chi connectivity index (χ0v) is 19.9. The van der Waals surface area contributed by atoms with Gasteiger partial charge in [-0.15, -0.1) is 0 Å². The Morgan fingerprint density at radius 3 is 2.12 bits per heavy atom. The molecule has 0 radical (unpaired) electrons. The third kappa shape index (κ3) is 7.88. The molecule has 3 fully saturated rings. The van der Waals surface area contributed by atoms with Crippen molar-refractivity contribution in [2.45, 2.75) is 103 Å². The van der Waals surface area contributed by atoms with Crippen molar-refractivity contribution in [3.63, 3.8) is 0 Å². The third-order valence-electron chi connectivity index (χ3n) is 8.44. The van der Waals surface area contributed by atoms with Crippen LogP contribution in [0.4, 0.5) is 17.6 Å². The van der Waals surface area contributed by atoms with E-state index in [1.165, 1.54) is 44.9 Å². The Balaban J connectivity index is 1.35. The van der Waals surface area contributed by atoms with E-state index in [1.807, 2.05) is 0 Å². The summed E-state index contributed by atoms with van der Waals surface area (Å²) in [6.45, 7) is 5.57. The van der Waals surface area contributed by atoms with Crippen LogP contribution in [0.15, 0.2) is 24.1 Å². The summed E-state index contributed by atoms with van der Waals surface area (Å²) in [6, 6.07) is 0. The van der Waals surface area contributed by atoms with Crippen LogP contribution in [0.3, 0.4) is 0 Å². The van der Waals surface area contributed by atoms with Crippen molar-refractivity contribution in [2.75, 3.05) is 6.61 Å². The van der Waals surface area contributed by atoms with Gasteiger partial charge in [0.1, 0.15) is 5.83 Å². The minimum Gasteiger partial charge on any atom is -0.374 e. The molecule has 0 bridgehead atoms. The lowest BCUT2D eigenvalue weighted by Gasteiger charge is -2.39. The number of rotatable bonds is 7. The maximum atomic E-state index is 13.8. The summed E-state index contributed by atoms with van der Waals surface area (Å²) in [5.41, 5.74) is 0. The Kier molecular flexibility index (Phi) is 9.70. The van der Waals surface area contributed by atoms with E-state index < -0.39 is 17.9 Å². The van der Waals surface area contributed by atoms with Crippen LogP contribution in [-0.4, -0.2) is 18.9 Å². The van der Waals surface area contributed by atoms with Gasteiger partial charge in [0.25, 0.3) is 0 Å². The van der Waals surface area contributed by atoms with Crippen LogP contribution in [-0.2, 0) is 4.74 Å². The Hall–Kier alpha value is -0.840. The Morgan fingerprint density at radius 1 is 0.906 bits per heavy atom. The van der Waals surface area contributed by atoms with Crippen LogP contribution in [0, 0.1) is 35.5 Å². The van der Waals surface area contributed by atoms with Gasteiger partial charge in [-0.2, -0.15) is 13.2 Å². The van der Waals surface area contributed by atoms with E-state index in [0.717, 1.165) is 43.6 Å². The number of alkyl halides is 3. The second kappa shape index (κ2) is 12.0. The fourth-order valence-electron chi connectivity index (χ4n) is 6.33. The maximum Gasteiger partial charge on any atom is 0.412 e. The molecule has 3 aliphatic rings. The predicted octanol–water partition coefficient (Wildman–Crippen LogP) is 8.80. The summed E-state index contributed by atoms with van der Waals surface area (Å²) >= 11 is 0. The summed E-state index contributed by atoms with van der Waals surface area (Å²) in [7, 11) is 0. The van der Waals surface area contributed by atoms with E-state index in [1.54, 1.807) is 0 Å². The summed E-state index contributed by atoms with van der Waals surface area (Å²) in [4.78, 5) is 0. The van der Waals surface area contributed by atoms with E-state index in [4.69, 9.17) is 4.74 Å². The number of hydrogen-bond donors (Lipinski definition) is 0. The monoisotopic (exact) mass is 458 g/mol. The molecule has 184 valence electrons. The Labute approximate surface area is 192 Å². The minimum atomic E-state index is -4.57. The fraction of sp³-hybridized carbons (Fsp3) is 0.852. The Morgan fingerprint density at radius 2 is 1.56 bits per heavy atom. The van der Waals surface area contributed by atoms with E-state index >= 15 is 0 Å². The van der Waals surface area contributed by atoms with E-state index in [0.29, 0.717) is 24.7 Å². The van der Waals surface area contributed by atoms with E-state index in [-0.39, 0.29) is 12.2 Å². The lowest BCUT2D eigenvalue weighted by molar-refractivity contribution is -0.0821. The zero-order valence-electron chi connectivity index (χ0n) is 19.9. The first-order valence-corrected chi connectivity index (χ1v) is 13.0. The summed E-state index contributed by atoms with van der Waals surface area (Å²) in [6.07, 6.45) is 12.6. The van der Waals surface area contributed by atoms with Gasteiger partial charge in [0.05, 0.1) is 18.8 Å². The van der Waals surface area contributed by atoms with Gasteiger partial charge in [0.15, 0.2) is 0 Å². The van der Waals surface area contributed by atoms with Crippen molar-refractivity contribution >= 4 is 0 Å². The number of hydrogen-bond acceptors (Lipinski definition) is 1. The number of halogens is 4. The van der Waals surface area contributed by atoms with E-state index in [9.17, 15) is 17.6 Å². The zero-order chi connectivity index (χ0) is 23.1. The molecule has 1 aliphatic heterocycles. The third-order valence-corrected chi connectivity index (χ3v) is 8.44. The molecule has 0 N–H and O–H groups in total. The lowest BCUT2D eigenvalue weighted by Crippen LogP contribution is -2.32. The SMILES string of the molecule is CCCC(C)C1CCC(C2CCC(/C=C/C3CCC(/C(F)=C/C(F)(F)F)CC3)OC2)CC1. The molecule has 1 saturated heterocycles. The molecule has 0 aromatic carbocycles. The smallest absolute Gasteiger partial charge is 0.374 e. The van der Waals surface area contributed by atoms with Gasteiger partial charge in [0.2, 0.25) is 0 Å². The highest BCUT2D eigenvalue weighted by Crippen LogP contribution is 2.41. The first kappa shape index (κ1) is 25.8.